The van der Waals surface area contributed by atoms with Gasteiger partial charge in [-0.2, -0.15) is 5.10 Å². The smallest absolute Gasteiger partial charge is 0.281 e. The molecule has 0 saturated heterocycles. The first-order valence-electron chi connectivity index (χ1n) is 11.1. The second kappa shape index (κ2) is 11.1. The third kappa shape index (κ3) is 5.57. The van der Waals surface area contributed by atoms with E-state index >= 15 is 0 Å². The zero-order valence-electron chi connectivity index (χ0n) is 19.3. The van der Waals surface area contributed by atoms with Gasteiger partial charge in [0.15, 0.2) is 17.1 Å². The number of rotatable bonds is 9. The van der Waals surface area contributed by atoms with Gasteiger partial charge in [-0.1, -0.05) is 91.0 Å². The van der Waals surface area contributed by atoms with Gasteiger partial charge in [-0.05, 0) is 40.5 Å². The molecular weight excluding hydrogens is 440 g/mol. The van der Waals surface area contributed by atoms with E-state index in [4.69, 9.17) is 9.47 Å². The first kappa shape index (κ1) is 23.7. The van der Waals surface area contributed by atoms with E-state index in [0.29, 0.717) is 34.8 Å². The van der Waals surface area contributed by atoms with E-state index in [0.717, 1.165) is 5.56 Å². The number of ether oxygens (including phenoxy) is 2. The molecule has 0 bridgehead atoms. The van der Waals surface area contributed by atoms with Crippen molar-refractivity contribution in [1.29, 1.82) is 0 Å². The van der Waals surface area contributed by atoms with Gasteiger partial charge in [-0.15, -0.1) is 0 Å². The van der Waals surface area contributed by atoms with E-state index < -0.39 is 11.5 Å². The molecule has 0 unspecified atom stereocenters. The Morgan fingerprint density at radius 3 is 2.00 bits per heavy atom. The van der Waals surface area contributed by atoms with Crippen molar-refractivity contribution in [3.05, 3.63) is 131 Å². The summed E-state index contributed by atoms with van der Waals surface area (Å²) in [6.07, 6.45) is 1.49. The monoisotopic (exact) mass is 466 g/mol. The molecule has 0 atom stereocenters. The summed E-state index contributed by atoms with van der Waals surface area (Å²) < 4.78 is 11.3. The summed E-state index contributed by atoms with van der Waals surface area (Å²) in [6, 6.07) is 32.7. The maximum atomic E-state index is 13.2. The first-order valence-corrected chi connectivity index (χ1v) is 11.1. The van der Waals surface area contributed by atoms with Crippen LogP contribution in [0.5, 0.6) is 11.5 Å². The number of methoxy groups -OCH3 is 1. The number of hydrazone groups is 1. The van der Waals surface area contributed by atoms with Gasteiger partial charge < -0.3 is 14.6 Å². The normalized spacial score (nSPS) is 11.3. The highest BCUT2D eigenvalue weighted by Gasteiger charge is 2.39. The SMILES string of the molecule is COc1ccc(/C=N\NC(=O)C(O)(c2ccccc2)c2ccccc2)cc1OCc1ccccc1. The standard InChI is InChI=1S/C29H26N2O4/c1-34-26-18-17-23(19-27(26)35-21-22-11-5-2-6-12-22)20-30-31-28(32)29(33,24-13-7-3-8-14-24)25-15-9-4-10-16-25/h2-20,33H,21H2,1H3,(H,31,32)/b30-20-. The molecule has 4 aromatic rings. The molecule has 0 heterocycles. The third-order valence-corrected chi connectivity index (χ3v) is 5.52. The molecule has 6 heteroatoms. The molecule has 0 fully saturated rings. The van der Waals surface area contributed by atoms with Crippen LogP contribution in [-0.2, 0) is 17.0 Å². The van der Waals surface area contributed by atoms with Crippen molar-refractivity contribution < 1.29 is 19.4 Å². The van der Waals surface area contributed by atoms with Crippen molar-refractivity contribution in [2.45, 2.75) is 12.2 Å². The lowest BCUT2D eigenvalue weighted by Gasteiger charge is -2.27. The van der Waals surface area contributed by atoms with Crippen LogP contribution in [0.25, 0.3) is 0 Å². The van der Waals surface area contributed by atoms with E-state index in [-0.39, 0.29) is 0 Å². The summed E-state index contributed by atoms with van der Waals surface area (Å²) >= 11 is 0. The summed E-state index contributed by atoms with van der Waals surface area (Å²) in [5.41, 5.74) is 3.19. The lowest BCUT2D eigenvalue weighted by molar-refractivity contribution is -0.136. The Bertz CT molecular complexity index is 1240. The number of hydrogen-bond donors (Lipinski definition) is 2. The number of amides is 1. The van der Waals surface area contributed by atoms with E-state index in [2.05, 4.69) is 10.5 Å². The molecule has 0 saturated carbocycles. The average molecular weight is 467 g/mol. The van der Waals surface area contributed by atoms with Gasteiger partial charge >= 0.3 is 0 Å². The van der Waals surface area contributed by atoms with Crippen LogP contribution in [0, 0.1) is 0 Å². The van der Waals surface area contributed by atoms with Crippen molar-refractivity contribution in [1.82, 2.24) is 5.43 Å². The molecular formula is C29H26N2O4. The number of hydrogen-bond acceptors (Lipinski definition) is 5. The van der Waals surface area contributed by atoms with E-state index in [1.165, 1.54) is 6.21 Å². The van der Waals surface area contributed by atoms with Crippen molar-refractivity contribution in [2.24, 2.45) is 5.10 Å². The highest BCUT2D eigenvalue weighted by atomic mass is 16.5. The number of aliphatic hydroxyl groups is 1. The maximum absolute atomic E-state index is 13.2. The van der Waals surface area contributed by atoms with Gasteiger partial charge in [0.2, 0.25) is 0 Å². The van der Waals surface area contributed by atoms with Gasteiger partial charge in [0, 0.05) is 0 Å². The van der Waals surface area contributed by atoms with Crippen molar-refractivity contribution in [2.75, 3.05) is 7.11 Å². The van der Waals surface area contributed by atoms with Crippen molar-refractivity contribution in [3.63, 3.8) is 0 Å². The molecule has 4 aromatic carbocycles. The van der Waals surface area contributed by atoms with Crippen LogP contribution >= 0.6 is 0 Å². The molecule has 35 heavy (non-hydrogen) atoms. The van der Waals surface area contributed by atoms with Crippen molar-refractivity contribution >= 4 is 12.1 Å². The predicted molar refractivity (Wildman–Crippen MR) is 135 cm³/mol. The number of nitrogens with zero attached hydrogens (tertiary/aromatic N) is 1. The zero-order chi connectivity index (χ0) is 24.5. The van der Waals surface area contributed by atoms with Crippen LogP contribution in [0.2, 0.25) is 0 Å². The fraction of sp³-hybridized carbons (Fsp3) is 0.103. The van der Waals surface area contributed by atoms with E-state index in [9.17, 15) is 9.90 Å². The van der Waals surface area contributed by atoms with Crippen LogP contribution in [0.1, 0.15) is 22.3 Å². The Labute approximate surface area is 204 Å². The summed E-state index contributed by atoms with van der Waals surface area (Å²) in [6.45, 7) is 0.385. The van der Waals surface area contributed by atoms with Gasteiger partial charge in [0.25, 0.3) is 5.91 Å². The molecule has 6 nitrogen and oxygen atoms in total. The minimum absolute atomic E-state index is 0.385. The highest BCUT2D eigenvalue weighted by Crippen LogP contribution is 2.30. The van der Waals surface area contributed by atoms with Crippen LogP contribution < -0.4 is 14.9 Å². The fourth-order valence-electron chi connectivity index (χ4n) is 3.66. The van der Waals surface area contributed by atoms with E-state index in [1.807, 2.05) is 42.5 Å². The Balaban J connectivity index is 1.52. The molecule has 1 amide bonds. The topological polar surface area (TPSA) is 80.2 Å². The quantitative estimate of drug-likeness (QED) is 0.278. The van der Waals surface area contributed by atoms with Gasteiger partial charge in [0.05, 0.1) is 13.3 Å². The lowest BCUT2D eigenvalue weighted by Crippen LogP contribution is -2.43. The minimum atomic E-state index is -1.90. The Morgan fingerprint density at radius 1 is 0.857 bits per heavy atom. The number of benzene rings is 4. The third-order valence-electron chi connectivity index (χ3n) is 5.52. The van der Waals surface area contributed by atoms with Crippen molar-refractivity contribution in [3.8, 4) is 11.5 Å². The Hall–Kier alpha value is -4.42. The second-order valence-electron chi connectivity index (χ2n) is 7.83. The molecule has 0 aromatic heterocycles. The van der Waals surface area contributed by atoms with Gasteiger partial charge in [-0.25, -0.2) is 5.43 Å². The van der Waals surface area contributed by atoms with Gasteiger partial charge in [0.1, 0.15) is 6.61 Å². The number of nitrogens with one attached hydrogen (secondary N) is 1. The van der Waals surface area contributed by atoms with Crippen LogP contribution in [0.3, 0.4) is 0 Å². The average Bonchev–Trinajstić information content (AvgIpc) is 2.93. The molecule has 176 valence electrons. The zero-order valence-corrected chi connectivity index (χ0v) is 19.3. The first-order chi connectivity index (χ1) is 17.1. The largest absolute Gasteiger partial charge is 0.493 e. The Morgan fingerprint density at radius 2 is 1.43 bits per heavy atom. The summed E-state index contributed by atoms with van der Waals surface area (Å²) in [4.78, 5) is 13.2. The molecule has 4 rings (SSSR count). The number of carbonyl (C=O) groups is 1. The predicted octanol–water partition coefficient (Wildman–Crippen LogP) is 4.66. The van der Waals surface area contributed by atoms with Crippen LogP contribution in [-0.4, -0.2) is 24.3 Å². The van der Waals surface area contributed by atoms with Crippen LogP contribution in [0.15, 0.2) is 114 Å². The molecule has 0 aliphatic heterocycles. The maximum Gasteiger partial charge on any atom is 0.281 e. The molecule has 2 N–H and O–H groups in total. The molecule has 0 spiro atoms. The summed E-state index contributed by atoms with van der Waals surface area (Å²) in [7, 11) is 1.58. The molecule has 0 aliphatic rings. The summed E-state index contributed by atoms with van der Waals surface area (Å²) in [5, 5.41) is 15.6. The van der Waals surface area contributed by atoms with Gasteiger partial charge in [-0.3, -0.25) is 4.79 Å². The highest BCUT2D eigenvalue weighted by molar-refractivity contribution is 5.91. The number of carbonyl (C=O) groups excluding carboxylic acids is 1. The lowest BCUT2D eigenvalue weighted by atomic mass is 9.85. The Kier molecular flexibility index (Phi) is 7.55. The summed E-state index contributed by atoms with van der Waals surface area (Å²) in [5.74, 6) is 0.474. The van der Waals surface area contributed by atoms with E-state index in [1.54, 1.807) is 73.8 Å². The van der Waals surface area contributed by atoms with Crippen LogP contribution in [0.4, 0.5) is 0 Å². The molecule has 0 radical (unpaired) electrons. The molecule has 0 aliphatic carbocycles. The fourth-order valence-corrected chi connectivity index (χ4v) is 3.66. The minimum Gasteiger partial charge on any atom is -0.493 e. The second-order valence-corrected chi connectivity index (χ2v) is 7.83.